The summed E-state index contributed by atoms with van der Waals surface area (Å²) in [6.07, 6.45) is 6.84. The fraction of sp³-hybridized carbons (Fsp3) is 0.600. The first kappa shape index (κ1) is 20.7. The van der Waals surface area contributed by atoms with Crippen molar-refractivity contribution in [3.05, 3.63) is 35.9 Å². The van der Waals surface area contributed by atoms with Gasteiger partial charge in [0.25, 0.3) is 0 Å². The van der Waals surface area contributed by atoms with Gasteiger partial charge in [0.1, 0.15) is 5.75 Å². The molecule has 0 aromatic heterocycles. The lowest BCUT2D eigenvalue weighted by atomic mass is 10.2. The van der Waals surface area contributed by atoms with Gasteiger partial charge < -0.3 is 14.5 Å². The highest BCUT2D eigenvalue weighted by Gasteiger charge is 2.04. The quantitative estimate of drug-likeness (QED) is 0.585. The Balaban J connectivity index is 2.53. The molecule has 136 valence electrons. The van der Waals surface area contributed by atoms with Crippen LogP contribution in [0.3, 0.4) is 0 Å². The van der Waals surface area contributed by atoms with E-state index in [2.05, 4.69) is 61.1 Å². The minimum atomic E-state index is 0.931. The van der Waals surface area contributed by atoms with Gasteiger partial charge in [0.2, 0.25) is 0 Å². The van der Waals surface area contributed by atoms with Gasteiger partial charge in [-0.1, -0.05) is 30.4 Å². The van der Waals surface area contributed by atoms with E-state index in [4.69, 9.17) is 4.74 Å². The molecule has 0 fully saturated rings. The summed E-state index contributed by atoms with van der Waals surface area (Å²) < 4.78 is 5.41. The number of nitrogens with zero attached hydrogens (tertiary/aromatic N) is 3. The molecule has 0 unspecified atom stereocenters. The molecule has 0 spiro atoms. The highest BCUT2D eigenvalue weighted by molar-refractivity contribution is 5.57. The van der Waals surface area contributed by atoms with E-state index in [1.54, 1.807) is 7.11 Å². The van der Waals surface area contributed by atoms with Gasteiger partial charge in [-0.25, -0.2) is 0 Å². The number of hydrogen-bond donors (Lipinski definition) is 0. The Morgan fingerprint density at radius 1 is 0.875 bits per heavy atom. The Hall–Kier alpha value is -1.36. The van der Waals surface area contributed by atoms with Gasteiger partial charge in [-0.2, -0.15) is 0 Å². The molecule has 0 saturated carbocycles. The Kier molecular flexibility index (Phi) is 10.4. The van der Waals surface area contributed by atoms with Crippen molar-refractivity contribution in [1.82, 2.24) is 14.7 Å². The molecular formula is C20H35N3O. The number of para-hydroxylation sites is 1. The van der Waals surface area contributed by atoms with E-state index in [1.165, 1.54) is 12.8 Å². The lowest BCUT2D eigenvalue weighted by Crippen LogP contribution is -2.30. The molecule has 0 N–H and O–H groups in total. The van der Waals surface area contributed by atoms with E-state index in [1.807, 2.05) is 18.2 Å². The SMILES string of the molecule is COc1ccccc1C=CCN(CCCN(C)C)CCCN(C)C. The van der Waals surface area contributed by atoms with E-state index in [9.17, 15) is 0 Å². The number of methoxy groups -OCH3 is 1. The van der Waals surface area contributed by atoms with Gasteiger partial charge in [-0.05, 0) is 73.3 Å². The molecule has 0 heterocycles. The van der Waals surface area contributed by atoms with Crippen molar-refractivity contribution in [3.63, 3.8) is 0 Å². The minimum Gasteiger partial charge on any atom is -0.496 e. The van der Waals surface area contributed by atoms with Crippen LogP contribution in [0, 0.1) is 0 Å². The normalized spacial score (nSPS) is 12.0. The van der Waals surface area contributed by atoms with Gasteiger partial charge in [0, 0.05) is 12.1 Å². The van der Waals surface area contributed by atoms with Crippen LogP contribution in [0.5, 0.6) is 5.75 Å². The summed E-state index contributed by atoms with van der Waals surface area (Å²) in [4.78, 5) is 7.05. The van der Waals surface area contributed by atoms with Gasteiger partial charge in [0.05, 0.1) is 7.11 Å². The van der Waals surface area contributed by atoms with Crippen LogP contribution in [0.25, 0.3) is 6.08 Å². The van der Waals surface area contributed by atoms with E-state index < -0.39 is 0 Å². The molecule has 0 atom stereocenters. The molecular weight excluding hydrogens is 298 g/mol. The molecule has 1 aromatic rings. The second-order valence-corrected chi connectivity index (χ2v) is 6.76. The number of ether oxygens (including phenoxy) is 1. The molecule has 4 nitrogen and oxygen atoms in total. The van der Waals surface area contributed by atoms with Crippen LogP contribution in [0.15, 0.2) is 30.3 Å². The smallest absolute Gasteiger partial charge is 0.126 e. The molecule has 1 aromatic carbocycles. The second kappa shape index (κ2) is 12.1. The van der Waals surface area contributed by atoms with Gasteiger partial charge in [-0.15, -0.1) is 0 Å². The third-order valence-corrected chi connectivity index (χ3v) is 3.96. The summed E-state index contributed by atoms with van der Waals surface area (Å²) in [5.41, 5.74) is 1.14. The average molecular weight is 334 g/mol. The predicted molar refractivity (Wildman–Crippen MR) is 105 cm³/mol. The van der Waals surface area contributed by atoms with Crippen molar-refractivity contribution in [1.29, 1.82) is 0 Å². The maximum atomic E-state index is 5.41. The maximum absolute atomic E-state index is 5.41. The standard InChI is InChI=1S/C20H35N3O/c1-21(2)14-9-17-23(18-10-15-22(3)4)16-8-12-19-11-6-7-13-20(19)24-5/h6-8,11-13H,9-10,14-18H2,1-5H3. The van der Waals surface area contributed by atoms with E-state index >= 15 is 0 Å². The highest BCUT2D eigenvalue weighted by Crippen LogP contribution is 2.18. The summed E-state index contributed by atoms with van der Waals surface area (Å²) in [6.45, 7) is 5.55. The number of hydrogen-bond acceptors (Lipinski definition) is 4. The first-order chi connectivity index (χ1) is 11.5. The summed E-state index contributed by atoms with van der Waals surface area (Å²) >= 11 is 0. The summed E-state index contributed by atoms with van der Waals surface area (Å²) in [6, 6.07) is 8.16. The molecule has 1 rings (SSSR count). The van der Waals surface area contributed by atoms with Crippen molar-refractivity contribution in [3.8, 4) is 5.75 Å². The lowest BCUT2D eigenvalue weighted by Gasteiger charge is -2.22. The van der Waals surface area contributed by atoms with E-state index in [-0.39, 0.29) is 0 Å². The van der Waals surface area contributed by atoms with Crippen LogP contribution >= 0.6 is 0 Å². The van der Waals surface area contributed by atoms with Crippen molar-refractivity contribution in [2.45, 2.75) is 12.8 Å². The van der Waals surface area contributed by atoms with E-state index in [0.29, 0.717) is 0 Å². The van der Waals surface area contributed by atoms with Crippen LogP contribution in [-0.2, 0) is 0 Å². The predicted octanol–water partition coefficient (Wildman–Crippen LogP) is 2.91. The molecule has 0 bridgehead atoms. The Bertz CT molecular complexity index is 458. The first-order valence-electron chi connectivity index (χ1n) is 8.84. The highest BCUT2D eigenvalue weighted by atomic mass is 16.5. The topological polar surface area (TPSA) is 19.0 Å². The lowest BCUT2D eigenvalue weighted by molar-refractivity contribution is 0.261. The van der Waals surface area contributed by atoms with Crippen LogP contribution in [0.2, 0.25) is 0 Å². The second-order valence-electron chi connectivity index (χ2n) is 6.76. The summed E-state index contributed by atoms with van der Waals surface area (Å²) in [5, 5.41) is 0. The minimum absolute atomic E-state index is 0.931. The molecule has 0 aliphatic heterocycles. The van der Waals surface area contributed by atoms with Crippen LogP contribution < -0.4 is 4.74 Å². The van der Waals surface area contributed by atoms with E-state index in [0.717, 1.165) is 44.0 Å². The van der Waals surface area contributed by atoms with Crippen LogP contribution in [0.4, 0.5) is 0 Å². The van der Waals surface area contributed by atoms with Crippen molar-refractivity contribution >= 4 is 6.08 Å². The van der Waals surface area contributed by atoms with Gasteiger partial charge >= 0.3 is 0 Å². The Labute approximate surface area is 148 Å². The molecule has 0 amide bonds. The van der Waals surface area contributed by atoms with Crippen LogP contribution in [-0.4, -0.2) is 82.7 Å². The molecule has 0 radical (unpaired) electrons. The van der Waals surface area contributed by atoms with Gasteiger partial charge in [0.15, 0.2) is 0 Å². The molecule has 24 heavy (non-hydrogen) atoms. The van der Waals surface area contributed by atoms with Gasteiger partial charge in [-0.3, -0.25) is 4.90 Å². The molecule has 0 saturated heterocycles. The monoisotopic (exact) mass is 333 g/mol. The zero-order valence-electron chi connectivity index (χ0n) is 16.2. The zero-order chi connectivity index (χ0) is 17.8. The summed E-state index contributed by atoms with van der Waals surface area (Å²) in [5.74, 6) is 0.931. The molecule has 0 aliphatic rings. The van der Waals surface area contributed by atoms with Crippen molar-refractivity contribution < 1.29 is 4.74 Å². The molecule has 0 aliphatic carbocycles. The molecule has 4 heteroatoms. The fourth-order valence-corrected chi connectivity index (χ4v) is 2.65. The van der Waals surface area contributed by atoms with Crippen molar-refractivity contribution in [2.75, 3.05) is 68.0 Å². The van der Waals surface area contributed by atoms with Crippen LogP contribution in [0.1, 0.15) is 18.4 Å². The Morgan fingerprint density at radius 3 is 2.00 bits per heavy atom. The first-order valence-corrected chi connectivity index (χ1v) is 8.84. The Morgan fingerprint density at radius 2 is 1.46 bits per heavy atom. The average Bonchev–Trinajstić information content (AvgIpc) is 2.54. The fourth-order valence-electron chi connectivity index (χ4n) is 2.65. The third-order valence-electron chi connectivity index (χ3n) is 3.96. The maximum Gasteiger partial charge on any atom is 0.126 e. The largest absolute Gasteiger partial charge is 0.496 e. The number of benzene rings is 1. The zero-order valence-corrected chi connectivity index (χ0v) is 16.2. The number of rotatable bonds is 12. The van der Waals surface area contributed by atoms with Crippen molar-refractivity contribution in [2.24, 2.45) is 0 Å². The summed E-state index contributed by atoms with van der Waals surface area (Å²) in [7, 11) is 10.3. The third kappa shape index (κ3) is 9.06.